The molecule has 1 heterocycles. The minimum absolute atomic E-state index is 0.0360. The molecule has 0 aliphatic heterocycles. The summed E-state index contributed by atoms with van der Waals surface area (Å²) in [6.07, 6.45) is 0.415. The molecule has 7 heteroatoms. The van der Waals surface area contributed by atoms with Crippen molar-refractivity contribution in [2.45, 2.75) is 0 Å². The second kappa shape index (κ2) is 4.73. The van der Waals surface area contributed by atoms with E-state index in [0.29, 0.717) is 6.29 Å². The molecule has 2 N–H and O–H groups in total. The van der Waals surface area contributed by atoms with Gasteiger partial charge in [-0.3, -0.25) is 4.79 Å². The van der Waals surface area contributed by atoms with Crippen molar-refractivity contribution >= 4 is 18.2 Å². The van der Waals surface area contributed by atoms with E-state index in [4.69, 9.17) is 10.2 Å². The number of carbonyl (C=O) groups excluding carboxylic acids is 1. The highest BCUT2D eigenvalue weighted by molar-refractivity contribution is 5.93. The van der Waals surface area contributed by atoms with E-state index in [2.05, 4.69) is 5.10 Å². The van der Waals surface area contributed by atoms with Crippen LogP contribution in [-0.2, 0) is 0 Å². The molecule has 1 aromatic carbocycles. The molecular formula is C12H8N2O5. The first-order chi connectivity index (χ1) is 9.04. The Kier molecular flexibility index (Phi) is 3.11. The third kappa shape index (κ3) is 2.21. The Balaban J connectivity index is 2.68. The number of hydrogen-bond donors (Lipinski definition) is 2. The predicted molar refractivity (Wildman–Crippen MR) is 62.9 cm³/mol. The number of nitrogens with zero attached hydrogens (tertiary/aromatic N) is 2. The second-order valence-corrected chi connectivity index (χ2v) is 3.61. The molecule has 2 rings (SSSR count). The Morgan fingerprint density at radius 2 is 1.84 bits per heavy atom. The number of para-hydroxylation sites is 1. The van der Waals surface area contributed by atoms with Gasteiger partial charge in [0.1, 0.15) is 5.69 Å². The maximum absolute atomic E-state index is 11.1. The van der Waals surface area contributed by atoms with Crippen molar-refractivity contribution in [3.05, 3.63) is 47.3 Å². The van der Waals surface area contributed by atoms with E-state index in [1.807, 2.05) is 0 Å². The van der Waals surface area contributed by atoms with Crippen molar-refractivity contribution in [1.82, 2.24) is 9.78 Å². The molecule has 0 fully saturated rings. The SMILES string of the molecule is O=Cc1cc(C(=O)O)nn1-c1ccccc1C(=O)O. The molecule has 0 atom stereocenters. The van der Waals surface area contributed by atoms with Crippen LogP contribution in [0.25, 0.3) is 5.69 Å². The highest BCUT2D eigenvalue weighted by Crippen LogP contribution is 2.16. The molecule has 0 radical (unpaired) electrons. The molecule has 0 unspecified atom stereocenters. The highest BCUT2D eigenvalue weighted by atomic mass is 16.4. The van der Waals surface area contributed by atoms with Gasteiger partial charge in [-0.05, 0) is 12.1 Å². The van der Waals surface area contributed by atoms with Gasteiger partial charge in [0, 0.05) is 6.07 Å². The third-order valence-corrected chi connectivity index (χ3v) is 2.44. The molecule has 2 aromatic rings. The van der Waals surface area contributed by atoms with Crippen molar-refractivity contribution in [2.24, 2.45) is 0 Å². The van der Waals surface area contributed by atoms with E-state index in [1.165, 1.54) is 18.2 Å². The molecule has 96 valence electrons. The molecule has 19 heavy (non-hydrogen) atoms. The summed E-state index contributed by atoms with van der Waals surface area (Å²) in [5.74, 6) is -2.49. The Hall–Kier alpha value is -2.96. The summed E-state index contributed by atoms with van der Waals surface area (Å²) in [7, 11) is 0. The lowest BCUT2D eigenvalue weighted by Gasteiger charge is -2.06. The van der Waals surface area contributed by atoms with Gasteiger partial charge in [-0.15, -0.1) is 0 Å². The molecule has 0 bridgehead atoms. The minimum atomic E-state index is -1.30. The molecule has 1 aromatic heterocycles. The normalized spacial score (nSPS) is 10.1. The predicted octanol–water partition coefficient (Wildman–Crippen LogP) is 1.08. The van der Waals surface area contributed by atoms with Crippen molar-refractivity contribution in [3.8, 4) is 5.69 Å². The van der Waals surface area contributed by atoms with Gasteiger partial charge in [0.05, 0.1) is 11.3 Å². The lowest BCUT2D eigenvalue weighted by atomic mass is 10.2. The number of benzene rings is 1. The topological polar surface area (TPSA) is 109 Å². The Labute approximate surface area is 106 Å². The minimum Gasteiger partial charge on any atom is -0.478 e. The van der Waals surface area contributed by atoms with Crippen LogP contribution >= 0.6 is 0 Å². The zero-order valence-electron chi connectivity index (χ0n) is 9.48. The molecule has 0 spiro atoms. The first-order valence-electron chi connectivity index (χ1n) is 5.16. The molecular weight excluding hydrogens is 252 g/mol. The number of carbonyl (C=O) groups is 3. The third-order valence-electron chi connectivity index (χ3n) is 2.44. The quantitative estimate of drug-likeness (QED) is 0.796. The van der Waals surface area contributed by atoms with Crippen LogP contribution in [-0.4, -0.2) is 38.2 Å². The van der Waals surface area contributed by atoms with E-state index < -0.39 is 11.9 Å². The van der Waals surface area contributed by atoms with Crippen LogP contribution in [0.15, 0.2) is 30.3 Å². The highest BCUT2D eigenvalue weighted by Gasteiger charge is 2.18. The van der Waals surface area contributed by atoms with Crippen LogP contribution in [0, 0.1) is 0 Å². The monoisotopic (exact) mass is 260 g/mol. The number of rotatable bonds is 4. The molecule has 0 saturated carbocycles. The summed E-state index contributed by atoms with van der Waals surface area (Å²) in [5, 5.41) is 21.6. The Bertz CT molecular complexity index is 675. The van der Waals surface area contributed by atoms with Gasteiger partial charge in [-0.25, -0.2) is 14.3 Å². The Morgan fingerprint density at radius 1 is 1.16 bits per heavy atom. The van der Waals surface area contributed by atoms with Gasteiger partial charge in [-0.1, -0.05) is 12.1 Å². The number of hydrogen-bond acceptors (Lipinski definition) is 4. The van der Waals surface area contributed by atoms with E-state index in [-0.39, 0.29) is 22.6 Å². The van der Waals surface area contributed by atoms with Crippen LogP contribution in [0.2, 0.25) is 0 Å². The summed E-state index contributed by atoms with van der Waals surface area (Å²) in [6, 6.07) is 6.95. The summed E-state index contributed by atoms with van der Waals surface area (Å²) in [6.45, 7) is 0. The first kappa shape index (κ1) is 12.5. The fourth-order valence-corrected chi connectivity index (χ4v) is 1.62. The average Bonchev–Trinajstić information content (AvgIpc) is 2.82. The van der Waals surface area contributed by atoms with E-state index >= 15 is 0 Å². The van der Waals surface area contributed by atoms with Gasteiger partial charge < -0.3 is 10.2 Å². The molecule has 0 saturated heterocycles. The second-order valence-electron chi connectivity index (χ2n) is 3.61. The number of aldehydes is 1. The van der Waals surface area contributed by atoms with Gasteiger partial charge >= 0.3 is 11.9 Å². The lowest BCUT2D eigenvalue weighted by molar-refractivity contribution is 0.0684. The van der Waals surface area contributed by atoms with Crippen LogP contribution in [0.5, 0.6) is 0 Å². The number of carboxylic acids is 2. The lowest BCUT2D eigenvalue weighted by Crippen LogP contribution is -2.09. The molecule has 7 nitrogen and oxygen atoms in total. The zero-order chi connectivity index (χ0) is 14.0. The van der Waals surface area contributed by atoms with Crippen molar-refractivity contribution < 1.29 is 24.6 Å². The number of carboxylic acid groups (broad SMARTS) is 2. The summed E-state index contributed by atoms with van der Waals surface area (Å²) in [4.78, 5) is 32.8. The van der Waals surface area contributed by atoms with E-state index in [9.17, 15) is 14.4 Å². The number of aromatic carboxylic acids is 2. The average molecular weight is 260 g/mol. The zero-order valence-corrected chi connectivity index (χ0v) is 9.48. The largest absolute Gasteiger partial charge is 0.478 e. The van der Waals surface area contributed by atoms with Crippen LogP contribution < -0.4 is 0 Å². The fourth-order valence-electron chi connectivity index (χ4n) is 1.62. The van der Waals surface area contributed by atoms with E-state index in [1.54, 1.807) is 6.07 Å². The fraction of sp³-hybridized carbons (Fsp3) is 0. The summed E-state index contributed by atoms with van der Waals surface area (Å²) in [5.41, 5.74) is -0.316. The smallest absolute Gasteiger partial charge is 0.356 e. The van der Waals surface area contributed by atoms with Gasteiger partial charge in [0.2, 0.25) is 0 Å². The van der Waals surface area contributed by atoms with Crippen LogP contribution in [0.4, 0.5) is 0 Å². The van der Waals surface area contributed by atoms with Crippen molar-refractivity contribution in [3.63, 3.8) is 0 Å². The van der Waals surface area contributed by atoms with Crippen LogP contribution in [0.1, 0.15) is 31.3 Å². The first-order valence-corrected chi connectivity index (χ1v) is 5.16. The molecule has 0 aliphatic rings. The van der Waals surface area contributed by atoms with E-state index in [0.717, 1.165) is 10.7 Å². The van der Waals surface area contributed by atoms with Crippen molar-refractivity contribution in [1.29, 1.82) is 0 Å². The standard InChI is InChI=1S/C12H8N2O5/c15-6-7-5-9(12(18)19)13-14(7)10-4-2-1-3-8(10)11(16)17/h1-6H,(H,16,17)(H,18,19). The summed E-state index contributed by atoms with van der Waals surface area (Å²) < 4.78 is 1.000. The van der Waals surface area contributed by atoms with Gasteiger partial charge in [-0.2, -0.15) is 5.10 Å². The van der Waals surface area contributed by atoms with Gasteiger partial charge in [0.25, 0.3) is 0 Å². The Morgan fingerprint density at radius 3 is 2.42 bits per heavy atom. The maximum Gasteiger partial charge on any atom is 0.356 e. The van der Waals surface area contributed by atoms with Gasteiger partial charge in [0.15, 0.2) is 12.0 Å². The van der Waals surface area contributed by atoms with Crippen molar-refractivity contribution in [2.75, 3.05) is 0 Å². The maximum atomic E-state index is 11.1. The number of aromatic nitrogens is 2. The van der Waals surface area contributed by atoms with Crippen LogP contribution in [0.3, 0.4) is 0 Å². The molecule has 0 aliphatic carbocycles. The molecule has 0 amide bonds. The summed E-state index contributed by atoms with van der Waals surface area (Å²) >= 11 is 0.